The van der Waals surface area contributed by atoms with Crippen molar-refractivity contribution < 1.29 is 9.90 Å². The van der Waals surface area contributed by atoms with Gasteiger partial charge in [-0.25, -0.2) is 14.7 Å². The third-order valence-electron chi connectivity index (χ3n) is 2.74. The van der Waals surface area contributed by atoms with Gasteiger partial charge in [0.2, 0.25) is 5.95 Å². The van der Waals surface area contributed by atoms with Crippen molar-refractivity contribution in [3.8, 4) is 0 Å². The highest BCUT2D eigenvalue weighted by molar-refractivity contribution is 5.87. The second-order valence-corrected chi connectivity index (χ2v) is 3.79. The van der Waals surface area contributed by atoms with Crippen molar-refractivity contribution >= 4 is 23.1 Å². The molecule has 0 aliphatic carbocycles. The van der Waals surface area contributed by atoms with Gasteiger partial charge in [-0.2, -0.15) is 0 Å². The second kappa shape index (κ2) is 4.45. The van der Waals surface area contributed by atoms with Crippen LogP contribution in [-0.2, 0) is 6.42 Å². The predicted octanol–water partition coefficient (Wildman–Crippen LogP) is 2.63. The summed E-state index contributed by atoms with van der Waals surface area (Å²) >= 11 is 0. The Morgan fingerprint density at radius 3 is 2.82 bits per heavy atom. The largest absolute Gasteiger partial charge is 0.465 e. The van der Waals surface area contributed by atoms with Gasteiger partial charge in [0, 0.05) is 6.54 Å². The van der Waals surface area contributed by atoms with Gasteiger partial charge >= 0.3 is 6.09 Å². The number of hydrogen-bond acceptors (Lipinski definition) is 2. The van der Waals surface area contributed by atoms with Crippen LogP contribution in [0.15, 0.2) is 18.2 Å². The average molecular weight is 233 g/mol. The normalized spacial score (nSPS) is 10.7. The van der Waals surface area contributed by atoms with Gasteiger partial charge in [-0.15, -0.1) is 0 Å². The van der Waals surface area contributed by atoms with Gasteiger partial charge in [-0.1, -0.05) is 13.0 Å². The van der Waals surface area contributed by atoms with Crippen LogP contribution in [0.2, 0.25) is 0 Å². The van der Waals surface area contributed by atoms with E-state index in [9.17, 15) is 4.79 Å². The molecular weight excluding hydrogens is 218 g/mol. The maximum atomic E-state index is 11.0. The summed E-state index contributed by atoms with van der Waals surface area (Å²) in [5, 5.41) is 9.02. The van der Waals surface area contributed by atoms with Gasteiger partial charge in [0.05, 0.1) is 11.0 Å². The Morgan fingerprint density at radius 1 is 1.47 bits per heavy atom. The topological polar surface area (TPSA) is 69.2 Å². The number of hydrogen-bond donors (Lipinski definition) is 2. The van der Waals surface area contributed by atoms with Crippen molar-refractivity contribution in [2.75, 3.05) is 11.4 Å². The molecule has 17 heavy (non-hydrogen) atoms. The number of benzene rings is 1. The number of H-pyrrole nitrogens is 1. The van der Waals surface area contributed by atoms with Crippen molar-refractivity contribution in [1.29, 1.82) is 0 Å². The van der Waals surface area contributed by atoms with Crippen molar-refractivity contribution in [1.82, 2.24) is 9.97 Å². The molecule has 5 heteroatoms. The molecule has 0 aliphatic rings. The van der Waals surface area contributed by atoms with Crippen LogP contribution in [0.5, 0.6) is 0 Å². The van der Waals surface area contributed by atoms with Crippen LogP contribution >= 0.6 is 0 Å². The van der Waals surface area contributed by atoms with E-state index in [1.54, 1.807) is 6.92 Å². The Kier molecular flexibility index (Phi) is 2.99. The van der Waals surface area contributed by atoms with Crippen molar-refractivity contribution in [3.05, 3.63) is 23.8 Å². The fourth-order valence-electron chi connectivity index (χ4n) is 1.77. The Labute approximate surface area is 99.1 Å². The number of rotatable bonds is 3. The minimum absolute atomic E-state index is 0.371. The van der Waals surface area contributed by atoms with Crippen molar-refractivity contribution in [2.24, 2.45) is 0 Å². The van der Waals surface area contributed by atoms with E-state index < -0.39 is 6.09 Å². The molecule has 1 aromatic carbocycles. The number of nitrogens with one attached hydrogen (secondary N) is 1. The molecule has 0 radical (unpaired) electrons. The lowest BCUT2D eigenvalue weighted by molar-refractivity contribution is 0.202. The van der Waals surface area contributed by atoms with E-state index in [1.165, 1.54) is 10.5 Å². The third-order valence-corrected chi connectivity index (χ3v) is 2.74. The maximum Gasteiger partial charge on any atom is 0.414 e. The lowest BCUT2D eigenvalue weighted by Gasteiger charge is -2.12. The van der Waals surface area contributed by atoms with Crippen molar-refractivity contribution in [3.63, 3.8) is 0 Å². The number of imidazole rings is 1. The van der Waals surface area contributed by atoms with Crippen molar-refractivity contribution in [2.45, 2.75) is 20.3 Å². The van der Waals surface area contributed by atoms with Gasteiger partial charge in [0.15, 0.2) is 0 Å². The summed E-state index contributed by atoms with van der Waals surface area (Å²) in [6.07, 6.45) is -0.0527. The van der Waals surface area contributed by atoms with Gasteiger partial charge in [-0.05, 0) is 31.0 Å². The lowest BCUT2D eigenvalue weighted by Crippen LogP contribution is -2.29. The number of anilines is 1. The molecule has 0 atom stereocenters. The first kappa shape index (κ1) is 11.4. The monoisotopic (exact) mass is 233 g/mol. The molecular formula is C12H15N3O2. The highest BCUT2D eigenvalue weighted by atomic mass is 16.4. The zero-order valence-corrected chi connectivity index (χ0v) is 9.90. The number of fused-ring (bicyclic) bond motifs is 1. The Hall–Kier alpha value is -2.04. The molecule has 1 amide bonds. The summed E-state index contributed by atoms with van der Waals surface area (Å²) in [4.78, 5) is 19.5. The van der Waals surface area contributed by atoms with E-state index in [2.05, 4.69) is 16.9 Å². The summed E-state index contributed by atoms with van der Waals surface area (Å²) < 4.78 is 0. The van der Waals surface area contributed by atoms with Crippen LogP contribution in [-0.4, -0.2) is 27.7 Å². The zero-order chi connectivity index (χ0) is 12.4. The average Bonchev–Trinajstić information content (AvgIpc) is 2.71. The molecule has 0 saturated carbocycles. The van der Waals surface area contributed by atoms with E-state index >= 15 is 0 Å². The fourth-order valence-corrected chi connectivity index (χ4v) is 1.77. The molecule has 0 saturated heterocycles. The molecule has 0 spiro atoms. The summed E-state index contributed by atoms with van der Waals surface area (Å²) in [6.45, 7) is 4.22. The molecule has 2 N–H and O–H groups in total. The standard InChI is InChI=1S/C12H15N3O2/c1-3-8-5-6-9-10(7-8)14-11(13-9)15(4-2)12(16)17/h5-7H,3-4H2,1-2H3,(H,13,14)(H,16,17). The third kappa shape index (κ3) is 2.08. The van der Waals surface area contributed by atoms with Crippen LogP contribution in [0.4, 0.5) is 10.7 Å². The number of carboxylic acid groups (broad SMARTS) is 1. The molecule has 2 rings (SSSR count). The summed E-state index contributed by atoms with van der Waals surface area (Å²) in [7, 11) is 0. The number of carbonyl (C=O) groups is 1. The number of aryl methyl sites for hydroxylation is 1. The second-order valence-electron chi connectivity index (χ2n) is 3.79. The molecule has 2 aromatic rings. The minimum atomic E-state index is -0.998. The van der Waals surface area contributed by atoms with Crippen LogP contribution in [0.25, 0.3) is 11.0 Å². The summed E-state index contributed by atoms with van der Waals surface area (Å²) in [5.41, 5.74) is 2.86. The van der Waals surface area contributed by atoms with E-state index in [1.807, 2.05) is 18.2 Å². The lowest BCUT2D eigenvalue weighted by atomic mass is 10.1. The zero-order valence-electron chi connectivity index (χ0n) is 9.90. The molecule has 0 fully saturated rings. The maximum absolute atomic E-state index is 11.0. The quantitative estimate of drug-likeness (QED) is 0.856. The van der Waals surface area contributed by atoms with Crippen LogP contribution in [0, 0.1) is 0 Å². The summed E-state index contributed by atoms with van der Waals surface area (Å²) in [5.74, 6) is 0.378. The van der Waals surface area contributed by atoms with E-state index in [0.717, 1.165) is 17.5 Å². The number of aromatic nitrogens is 2. The highest BCUT2D eigenvalue weighted by Crippen LogP contribution is 2.19. The van der Waals surface area contributed by atoms with Crippen LogP contribution < -0.4 is 4.90 Å². The summed E-state index contributed by atoms with van der Waals surface area (Å²) in [6, 6.07) is 5.91. The molecule has 0 unspecified atom stereocenters. The Bertz CT molecular complexity index is 548. The first-order valence-electron chi connectivity index (χ1n) is 5.64. The van der Waals surface area contributed by atoms with Crippen LogP contribution in [0.3, 0.4) is 0 Å². The van der Waals surface area contributed by atoms with Gasteiger partial charge in [0.1, 0.15) is 0 Å². The van der Waals surface area contributed by atoms with Gasteiger partial charge in [0.25, 0.3) is 0 Å². The number of aromatic amines is 1. The molecule has 0 aliphatic heterocycles. The first-order chi connectivity index (χ1) is 8.15. The molecule has 1 heterocycles. The first-order valence-corrected chi connectivity index (χ1v) is 5.64. The van der Waals surface area contributed by atoms with Gasteiger partial charge < -0.3 is 10.1 Å². The highest BCUT2D eigenvalue weighted by Gasteiger charge is 2.15. The van der Waals surface area contributed by atoms with Gasteiger partial charge in [-0.3, -0.25) is 0 Å². The minimum Gasteiger partial charge on any atom is -0.465 e. The van der Waals surface area contributed by atoms with E-state index in [-0.39, 0.29) is 0 Å². The number of nitrogens with zero attached hydrogens (tertiary/aromatic N) is 2. The van der Waals surface area contributed by atoms with Crippen LogP contribution in [0.1, 0.15) is 19.4 Å². The molecule has 0 bridgehead atoms. The predicted molar refractivity (Wildman–Crippen MR) is 66.5 cm³/mol. The number of amides is 1. The SMILES string of the molecule is CCc1ccc2nc(N(CC)C(=O)O)[nH]c2c1. The fraction of sp³-hybridized carbons (Fsp3) is 0.333. The Morgan fingerprint density at radius 2 is 2.24 bits per heavy atom. The van der Waals surface area contributed by atoms with E-state index in [0.29, 0.717) is 12.5 Å². The Balaban J connectivity index is 2.46. The van der Waals surface area contributed by atoms with E-state index in [4.69, 9.17) is 5.11 Å². The molecule has 90 valence electrons. The molecule has 5 nitrogen and oxygen atoms in total. The molecule has 1 aromatic heterocycles. The smallest absolute Gasteiger partial charge is 0.414 e.